The number of H-pyrrole nitrogens is 1. The van der Waals surface area contributed by atoms with Gasteiger partial charge >= 0.3 is 53.7 Å². The average molecular weight is 1030 g/mol. The summed E-state index contributed by atoms with van der Waals surface area (Å²) in [5.41, 5.74) is 51.9. The van der Waals surface area contributed by atoms with E-state index in [1.54, 1.807) is 20.0 Å². The first-order valence-electron chi connectivity index (χ1n) is 21.6. The van der Waals surface area contributed by atoms with Gasteiger partial charge in [-0.1, -0.05) is 55.4 Å². The van der Waals surface area contributed by atoms with Crippen LogP contribution in [-0.2, 0) is 63.8 Å². The molecule has 1 aromatic rings. The molecule has 30 heteroatoms. The van der Waals surface area contributed by atoms with Crippen molar-refractivity contribution >= 4 is 59.6 Å². The highest BCUT2D eigenvalue weighted by molar-refractivity contribution is 5.90. The molecule has 0 aliphatic rings. The molecule has 0 saturated heterocycles. The molecule has 0 unspecified atom stereocenters. The molecule has 0 aliphatic heterocycles. The van der Waals surface area contributed by atoms with Crippen molar-refractivity contribution in [2.75, 3.05) is 13.2 Å². The number of nitrogens with one attached hydrogen (secondary N) is 1. The molecule has 71 heavy (non-hydrogen) atoms. The number of amides is 1. The lowest BCUT2D eigenvalue weighted by atomic mass is 10.1. The summed E-state index contributed by atoms with van der Waals surface area (Å²) >= 11 is 0. The van der Waals surface area contributed by atoms with E-state index < -0.39 is 108 Å². The van der Waals surface area contributed by atoms with Gasteiger partial charge in [0.25, 0.3) is 0 Å². The van der Waals surface area contributed by atoms with E-state index in [9.17, 15) is 47.9 Å². The van der Waals surface area contributed by atoms with Gasteiger partial charge in [-0.3, -0.25) is 38.4 Å². The zero-order chi connectivity index (χ0) is 57.5. The fourth-order valence-electron chi connectivity index (χ4n) is 3.75. The van der Waals surface area contributed by atoms with E-state index in [2.05, 4.69) is 30.9 Å². The normalized spacial score (nSPS) is 13.5. The summed E-state index contributed by atoms with van der Waals surface area (Å²) in [6, 6.07) is -6.93. The van der Waals surface area contributed by atoms with Crippen molar-refractivity contribution in [3.05, 3.63) is 18.2 Å². The van der Waals surface area contributed by atoms with Gasteiger partial charge in [0, 0.05) is 18.3 Å². The van der Waals surface area contributed by atoms with Crippen LogP contribution in [0.4, 0.5) is 0 Å². The number of imidazole rings is 1. The zero-order valence-electron chi connectivity index (χ0n) is 41.8. The number of carbonyl (C=O) groups is 10. The Bertz CT molecular complexity index is 1670. The van der Waals surface area contributed by atoms with E-state index in [1.807, 2.05) is 41.5 Å². The number of aromatic nitrogens is 2. The fraction of sp³-hybridized carbons (Fsp3) is 0.683. The van der Waals surface area contributed by atoms with Gasteiger partial charge in [-0.2, -0.15) is 0 Å². The van der Waals surface area contributed by atoms with E-state index >= 15 is 0 Å². The SMILES string of the molecule is CC(C)C[C@H](N)C(=O)O.CC(C)C[C@H](N)C(=O)O.CC(C)C[C@H](N)C(=O)OC[C@H](N)C(=O)O.CC(C)[C@H](N)C(=O)O.C[C@H](N)C(=O)OC(=O)[C@@H](N)Cc1cnc[nH]1.NC(=O)C[C@H](N)C(=O)O.NCC(=O)O. The number of hydrogen-bond acceptors (Lipinski definition) is 22. The summed E-state index contributed by atoms with van der Waals surface area (Å²) in [5, 5.41) is 49.0. The standard InChI is InChI=1S/C9H14N4O3.C9H18N2O4.2C6H13NO2.C5H11NO2.C4H8N2O3.C2H5NO2/c1-5(10)8(14)16-9(15)7(11)2-6-3-12-4-13-6;1-5(2)3-6(10)9(14)15-4-7(11)8(12)13;2*1-4(2)3-5(7)6(8)9;1-3(2)4(6)5(7)8;5-2(4(8)9)1-3(6)7;3-1-2(4)5/h3-5,7H,2,10-11H2,1H3,(H,12,13);5-7H,3-4,10-11H2,1-2H3,(H,12,13);2*4-5H,3,7H2,1-2H3,(H,8,9);3-4H,6H2,1-2H3,(H,7,8);2H,1,5H2,(H2,6,7)(H,8,9);1,3H2,(H,4,5)/t5-,7-;6-,7-;2*5-;4-;2-;/m000000./s1. The van der Waals surface area contributed by atoms with Gasteiger partial charge in [0.2, 0.25) is 5.91 Å². The number of hydrogen-bond donors (Lipinski definition) is 17. The van der Waals surface area contributed by atoms with Crippen LogP contribution in [0.1, 0.15) is 93.7 Å². The van der Waals surface area contributed by atoms with Gasteiger partial charge in [-0.05, 0) is 49.9 Å². The van der Waals surface area contributed by atoms with Crippen LogP contribution >= 0.6 is 0 Å². The molecule has 0 radical (unpaired) electrons. The van der Waals surface area contributed by atoms with Crippen molar-refractivity contribution in [3.8, 4) is 0 Å². The molecule has 1 amide bonds. The molecule has 8 atom stereocenters. The van der Waals surface area contributed by atoms with E-state index in [1.165, 1.54) is 13.3 Å². The summed E-state index contributed by atoms with van der Waals surface area (Å²) in [7, 11) is 0. The minimum Gasteiger partial charge on any atom is -0.480 e. The molecule has 0 saturated carbocycles. The Morgan fingerprint density at radius 2 is 0.930 bits per heavy atom. The Balaban J connectivity index is -0.000000179. The smallest absolute Gasteiger partial charge is 0.330 e. The first kappa shape index (κ1) is 76.2. The lowest BCUT2D eigenvalue weighted by Crippen LogP contribution is -2.40. The predicted octanol–water partition coefficient (Wildman–Crippen LogP) is -3.74. The minimum absolute atomic E-state index is 0.0208. The first-order valence-corrected chi connectivity index (χ1v) is 21.6. The topological polar surface area (TPSA) is 599 Å². The number of carbonyl (C=O) groups excluding carboxylic acids is 4. The monoisotopic (exact) mass is 1030 g/mol. The van der Waals surface area contributed by atoms with Crippen molar-refractivity contribution in [2.45, 2.75) is 143 Å². The maximum absolute atomic E-state index is 11.3. The molecule has 30 nitrogen and oxygen atoms in total. The number of ether oxygens (including phenoxy) is 2. The highest BCUT2D eigenvalue weighted by Crippen LogP contribution is 2.05. The molecule has 0 spiro atoms. The number of nitrogens with zero attached hydrogens (tertiary/aromatic N) is 1. The number of aromatic amines is 1. The Morgan fingerprint density at radius 1 is 0.549 bits per heavy atom. The van der Waals surface area contributed by atoms with E-state index in [-0.39, 0.29) is 37.8 Å². The summed E-state index contributed by atoms with van der Waals surface area (Å²) in [6.07, 6.45) is 4.53. The van der Waals surface area contributed by atoms with Crippen LogP contribution in [0.25, 0.3) is 0 Å². The van der Waals surface area contributed by atoms with Crippen LogP contribution < -0.4 is 57.3 Å². The molecule has 0 bridgehead atoms. The summed E-state index contributed by atoms with van der Waals surface area (Å²) < 4.78 is 9.12. The van der Waals surface area contributed by atoms with Crippen LogP contribution in [-0.4, -0.2) is 162 Å². The number of carboxylic acids is 6. The minimum atomic E-state index is -1.21. The fourth-order valence-corrected chi connectivity index (χ4v) is 3.75. The highest BCUT2D eigenvalue weighted by Gasteiger charge is 2.22. The van der Waals surface area contributed by atoms with Crippen molar-refractivity contribution in [3.63, 3.8) is 0 Å². The molecular weight excluding hydrogens is 949 g/mol. The van der Waals surface area contributed by atoms with Crippen molar-refractivity contribution in [2.24, 2.45) is 81.0 Å². The highest BCUT2D eigenvalue weighted by atomic mass is 16.6. The van der Waals surface area contributed by atoms with Crippen LogP contribution in [0.2, 0.25) is 0 Å². The quantitative estimate of drug-likeness (QED) is 0.0392. The average Bonchev–Trinajstić information content (AvgIpc) is 3.75. The third-order valence-electron chi connectivity index (χ3n) is 7.62. The number of primary amides is 1. The largest absolute Gasteiger partial charge is 0.480 e. The van der Waals surface area contributed by atoms with Crippen LogP contribution in [0.5, 0.6) is 0 Å². The second kappa shape index (κ2) is 43.7. The Kier molecular flexibility index (Phi) is 47.0. The van der Waals surface area contributed by atoms with Crippen LogP contribution in [0, 0.1) is 23.7 Å². The van der Waals surface area contributed by atoms with Gasteiger partial charge < -0.3 is 102 Å². The van der Waals surface area contributed by atoms with Gasteiger partial charge in [0.15, 0.2) is 0 Å². The van der Waals surface area contributed by atoms with Crippen LogP contribution in [0.15, 0.2) is 12.5 Å². The van der Waals surface area contributed by atoms with Gasteiger partial charge in [-0.25, -0.2) is 14.6 Å². The molecule has 0 aromatic carbocycles. The second-order valence-corrected chi connectivity index (χ2v) is 16.7. The maximum atomic E-state index is 11.3. The molecular formula is C41H82N12O18. The number of esters is 3. The predicted molar refractivity (Wildman–Crippen MR) is 256 cm³/mol. The Morgan fingerprint density at radius 3 is 1.15 bits per heavy atom. The van der Waals surface area contributed by atoms with Crippen molar-refractivity contribution in [1.82, 2.24) is 9.97 Å². The molecule has 1 rings (SSSR count). The second-order valence-electron chi connectivity index (χ2n) is 16.7. The Hall–Kier alpha value is -6.25. The third kappa shape index (κ3) is 53.0. The summed E-state index contributed by atoms with van der Waals surface area (Å²) in [6.45, 7) is 16.0. The Labute approximate surface area is 412 Å². The van der Waals surface area contributed by atoms with E-state index in [0.717, 1.165) is 0 Å². The lowest BCUT2D eigenvalue weighted by Gasteiger charge is -2.14. The van der Waals surface area contributed by atoms with E-state index in [4.69, 9.17) is 76.5 Å². The third-order valence-corrected chi connectivity index (χ3v) is 7.62. The number of rotatable bonds is 22. The number of aliphatic carboxylic acids is 6. The lowest BCUT2D eigenvalue weighted by molar-refractivity contribution is -0.161. The molecule has 1 aromatic heterocycles. The van der Waals surface area contributed by atoms with Crippen molar-refractivity contribution in [1.29, 1.82) is 0 Å². The molecule has 414 valence electrons. The molecule has 0 fully saturated rings. The zero-order valence-corrected chi connectivity index (χ0v) is 41.8. The first-order chi connectivity index (χ1) is 32.3. The summed E-state index contributed by atoms with van der Waals surface area (Å²) in [5.74, 6) is -8.03. The summed E-state index contributed by atoms with van der Waals surface area (Å²) in [4.78, 5) is 110. The molecule has 0 aliphatic carbocycles. The van der Waals surface area contributed by atoms with Gasteiger partial charge in [-0.15, -0.1) is 0 Å². The van der Waals surface area contributed by atoms with Gasteiger partial charge in [0.05, 0.1) is 19.3 Å². The van der Waals surface area contributed by atoms with Crippen molar-refractivity contribution < 1.29 is 88.1 Å². The molecule has 27 N–H and O–H groups in total. The van der Waals surface area contributed by atoms with E-state index in [0.29, 0.717) is 36.8 Å². The number of carboxylic acid groups (broad SMARTS) is 6. The molecule has 1 heterocycles. The number of nitrogens with two attached hydrogens (primary N) is 10. The van der Waals surface area contributed by atoms with Gasteiger partial charge in [0.1, 0.15) is 54.9 Å². The maximum Gasteiger partial charge on any atom is 0.330 e. The van der Waals surface area contributed by atoms with Crippen LogP contribution in [0.3, 0.4) is 0 Å².